The zero-order chi connectivity index (χ0) is 37.6. The fourth-order valence-electron chi connectivity index (χ4n) is 5.67. The number of H-pyrrole nitrogens is 1. The number of esters is 4. The van der Waals surface area contributed by atoms with Gasteiger partial charge >= 0.3 is 23.9 Å². The van der Waals surface area contributed by atoms with Gasteiger partial charge in [-0.15, -0.1) is 5.10 Å². The first kappa shape index (κ1) is 39.8. The van der Waals surface area contributed by atoms with Gasteiger partial charge in [-0.3, -0.25) is 24.3 Å². The first-order valence-corrected chi connectivity index (χ1v) is 17.3. The van der Waals surface area contributed by atoms with Crippen LogP contribution in [0.2, 0.25) is 0 Å². The molecule has 14 heteroatoms. The van der Waals surface area contributed by atoms with Crippen molar-refractivity contribution in [3.8, 4) is 11.6 Å². The molecular formula is C38H48N2O12. The molecule has 1 aliphatic rings. The van der Waals surface area contributed by atoms with E-state index in [1.165, 1.54) is 13.8 Å². The summed E-state index contributed by atoms with van der Waals surface area (Å²) in [4.78, 5) is 48.3. The van der Waals surface area contributed by atoms with E-state index in [1.54, 1.807) is 0 Å². The molecule has 5 atom stereocenters. The lowest BCUT2D eigenvalue weighted by atomic mass is 9.97. The van der Waals surface area contributed by atoms with Gasteiger partial charge < -0.3 is 37.9 Å². The molecule has 0 spiro atoms. The Morgan fingerprint density at radius 2 is 1.40 bits per heavy atom. The van der Waals surface area contributed by atoms with Crippen LogP contribution in [-0.4, -0.2) is 84.6 Å². The van der Waals surface area contributed by atoms with Crippen LogP contribution in [0, 0.1) is 0 Å². The van der Waals surface area contributed by atoms with Gasteiger partial charge in [-0.05, 0) is 42.0 Å². The van der Waals surface area contributed by atoms with Crippen molar-refractivity contribution in [1.82, 2.24) is 10.2 Å². The van der Waals surface area contributed by atoms with Crippen molar-refractivity contribution in [3.63, 3.8) is 0 Å². The van der Waals surface area contributed by atoms with Crippen molar-refractivity contribution < 1.29 is 57.1 Å². The van der Waals surface area contributed by atoms with Gasteiger partial charge in [0.05, 0.1) is 13.2 Å². The molecule has 282 valence electrons. The van der Waals surface area contributed by atoms with Crippen molar-refractivity contribution in [2.24, 2.45) is 0 Å². The van der Waals surface area contributed by atoms with E-state index in [2.05, 4.69) is 10.2 Å². The van der Waals surface area contributed by atoms with Gasteiger partial charge in [0.25, 0.3) is 0 Å². The van der Waals surface area contributed by atoms with Crippen molar-refractivity contribution in [3.05, 3.63) is 77.0 Å². The monoisotopic (exact) mass is 724 g/mol. The Kier molecular flexibility index (Phi) is 15.0. The molecule has 0 unspecified atom stereocenters. The highest BCUT2D eigenvalue weighted by atomic mass is 16.7. The van der Waals surface area contributed by atoms with Gasteiger partial charge in [0.2, 0.25) is 18.3 Å². The summed E-state index contributed by atoms with van der Waals surface area (Å²) in [7, 11) is 0. The summed E-state index contributed by atoms with van der Waals surface area (Å²) in [6.07, 6.45) is -4.50. The second-order valence-electron chi connectivity index (χ2n) is 12.7. The van der Waals surface area contributed by atoms with Crippen molar-refractivity contribution in [2.45, 2.75) is 104 Å². The van der Waals surface area contributed by atoms with E-state index in [-0.39, 0.29) is 18.4 Å². The summed E-state index contributed by atoms with van der Waals surface area (Å²) in [5.41, 5.74) is 3.60. The van der Waals surface area contributed by atoms with Gasteiger partial charge in [-0.25, -0.2) is 0 Å². The maximum atomic E-state index is 12.3. The average Bonchev–Trinajstić information content (AvgIpc) is 3.48. The molecule has 0 bridgehead atoms. The Morgan fingerprint density at radius 1 is 0.769 bits per heavy atom. The number of rotatable bonds is 18. The summed E-state index contributed by atoms with van der Waals surface area (Å²) in [6, 6.07) is 17.8. The van der Waals surface area contributed by atoms with Crippen LogP contribution in [0.5, 0.6) is 11.6 Å². The van der Waals surface area contributed by atoms with E-state index < -0.39 is 54.6 Å². The summed E-state index contributed by atoms with van der Waals surface area (Å²) >= 11 is 0. The molecule has 1 aliphatic heterocycles. The SMILES string of the molecule is CC(=O)OC[C@H]1O[C@@H](Oc2n[nH]c(C(C)C)c2Cc2ccc(OCCCCOCc3ccccc3)cc2)[C@H](OC(C)=O)[C@@H](OC(C)=O)[C@@H]1OC(C)=O. The molecule has 52 heavy (non-hydrogen) atoms. The number of hydrogen-bond acceptors (Lipinski definition) is 13. The fourth-order valence-corrected chi connectivity index (χ4v) is 5.67. The summed E-state index contributed by atoms with van der Waals surface area (Å²) in [5, 5.41) is 7.46. The van der Waals surface area contributed by atoms with Gasteiger partial charge in [0, 0.05) is 52.0 Å². The third-order valence-corrected chi connectivity index (χ3v) is 7.98. The lowest BCUT2D eigenvalue weighted by Gasteiger charge is -2.43. The summed E-state index contributed by atoms with van der Waals surface area (Å²) in [6.45, 7) is 10.1. The molecule has 0 radical (unpaired) electrons. The minimum Gasteiger partial charge on any atom is -0.494 e. The predicted octanol–water partition coefficient (Wildman–Crippen LogP) is 4.96. The van der Waals surface area contributed by atoms with E-state index in [0.717, 1.165) is 49.3 Å². The molecular weight excluding hydrogens is 676 g/mol. The minimum atomic E-state index is -1.41. The quantitative estimate of drug-likeness (QED) is 0.106. The third-order valence-electron chi connectivity index (χ3n) is 7.98. The average molecular weight is 725 g/mol. The molecule has 1 fully saturated rings. The first-order chi connectivity index (χ1) is 24.9. The lowest BCUT2D eigenvalue weighted by Crippen LogP contribution is -2.63. The molecule has 0 saturated carbocycles. The highest BCUT2D eigenvalue weighted by Gasteiger charge is 2.53. The lowest BCUT2D eigenvalue weighted by molar-refractivity contribution is -0.289. The number of aromatic amines is 1. The standard InChI is InChI=1S/C38H48N2O12/c1-23(2)33-31(20-28-14-16-30(17-15-28)46-19-11-10-18-45-21-29-12-8-7-9-13-29)37(40-39-33)52-38-36(50-27(6)44)35(49-26(5)43)34(48-25(4)42)32(51-38)22-47-24(3)41/h7-9,12-17,23,32,34-36,38H,10-11,18-22H2,1-6H3,(H,39,40)/t32-,34-,35+,36-,38+/m1/s1. The Hall–Kier alpha value is -4.95. The third kappa shape index (κ3) is 12.1. The zero-order valence-electron chi connectivity index (χ0n) is 30.5. The molecule has 3 aromatic rings. The van der Waals surface area contributed by atoms with Gasteiger partial charge in [0.15, 0.2) is 12.2 Å². The molecule has 4 rings (SSSR count). The topological polar surface area (TPSA) is 171 Å². The van der Waals surface area contributed by atoms with Crippen molar-refractivity contribution >= 4 is 23.9 Å². The second-order valence-corrected chi connectivity index (χ2v) is 12.7. The van der Waals surface area contributed by atoms with E-state index in [9.17, 15) is 19.2 Å². The van der Waals surface area contributed by atoms with Crippen LogP contribution in [0.15, 0.2) is 54.6 Å². The largest absolute Gasteiger partial charge is 0.494 e. The molecule has 0 amide bonds. The summed E-state index contributed by atoms with van der Waals surface area (Å²) in [5.74, 6) is -1.91. The Labute approximate surface area is 303 Å². The molecule has 1 N–H and O–H groups in total. The number of ether oxygens (including phenoxy) is 8. The maximum absolute atomic E-state index is 12.3. The number of nitrogens with one attached hydrogen (secondary N) is 1. The Bertz CT molecular complexity index is 1610. The normalized spacial score (nSPS) is 19.8. The number of carbonyl (C=O) groups is 4. The van der Waals surface area contributed by atoms with Crippen LogP contribution >= 0.6 is 0 Å². The molecule has 1 saturated heterocycles. The van der Waals surface area contributed by atoms with Crippen molar-refractivity contribution in [1.29, 1.82) is 0 Å². The fraction of sp³-hybridized carbons (Fsp3) is 0.500. The van der Waals surface area contributed by atoms with E-state index in [0.29, 0.717) is 31.8 Å². The molecule has 14 nitrogen and oxygen atoms in total. The number of hydrogen-bond donors (Lipinski definition) is 1. The minimum absolute atomic E-state index is 0.0227. The van der Waals surface area contributed by atoms with Crippen LogP contribution in [0.1, 0.15) is 82.7 Å². The van der Waals surface area contributed by atoms with E-state index in [4.69, 9.17) is 37.9 Å². The van der Waals surface area contributed by atoms with Crippen LogP contribution in [-0.2, 0) is 60.6 Å². The number of aromatic nitrogens is 2. The number of nitrogens with zero attached hydrogens (tertiary/aromatic N) is 1. The van der Waals surface area contributed by atoms with E-state index in [1.807, 2.05) is 68.4 Å². The highest BCUT2D eigenvalue weighted by molar-refractivity contribution is 5.68. The van der Waals surface area contributed by atoms with Crippen LogP contribution < -0.4 is 9.47 Å². The number of benzene rings is 2. The molecule has 1 aromatic heterocycles. The van der Waals surface area contributed by atoms with Gasteiger partial charge in [0.1, 0.15) is 18.5 Å². The predicted molar refractivity (Wildman–Crippen MR) is 185 cm³/mol. The second kappa shape index (κ2) is 19.6. The van der Waals surface area contributed by atoms with E-state index >= 15 is 0 Å². The number of carbonyl (C=O) groups excluding carboxylic acids is 4. The van der Waals surface area contributed by atoms with Crippen LogP contribution in [0.25, 0.3) is 0 Å². The van der Waals surface area contributed by atoms with Gasteiger partial charge in [-0.2, -0.15) is 0 Å². The van der Waals surface area contributed by atoms with Gasteiger partial charge in [-0.1, -0.05) is 56.3 Å². The highest BCUT2D eigenvalue weighted by Crippen LogP contribution is 2.34. The van der Waals surface area contributed by atoms with Crippen LogP contribution in [0.4, 0.5) is 0 Å². The van der Waals surface area contributed by atoms with Crippen LogP contribution in [0.3, 0.4) is 0 Å². The number of unbranched alkanes of at least 4 members (excludes halogenated alkanes) is 1. The zero-order valence-corrected chi connectivity index (χ0v) is 30.5. The Balaban J connectivity index is 1.47. The molecule has 0 aliphatic carbocycles. The maximum Gasteiger partial charge on any atom is 0.303 e. The Morgan fingerprint density at radius 3 is 2.04 bits per heavy atom. The summed E-state index contributed by atoms with van der Waals surface area (Å²) < 4.78 is 45.8. The molecule has 2 heterocycles. The first-order valence-electron chi connectivity index (χ1n) is 17.3. The van der Waals surface area contributed by atoms with Crippen molar-refractivity contribution in [2.75, 3.05) is 19.8 Å². The molecule has 2 aromatic carbocycles. The smallest absolute Gasteiger partial charge is 0.303 e.